The molecule has 0 bridgehead atoms. The molecule has 0 spiro atoms. The van der Waals surface area contributed by atoms with Crippen LogP contribution in [0.15, 0.2) is 127 Å². The molecule has 15 nitrogen and oxygen atoms in total. The smallest absolute Gasteiger partial charge is 0.247 e. The van der Waals surface area contributed by atoms with Gasteiger partial charge in [0.15, 0.2) is 0 Å². The second-order valence-corrected chi connectivity index (χ2v) is 19.8. The van der Waals surface area contributed by atoms with Crippen molar-refractivity contribution in [2.45, 2.75) is 38.5 Å². The molecule has 384 valence electrons. The van der Waals surface area contributed by atoms with E-state index in [1.165, 1.54) is 29.4 Å². The number of nitrogens with zero attached hydrogens (tertiary/aromatic N) is 6. The summed E-state index contributed by atoms with van der Waals surface area (Å²) in [5, 5.41) is 0. The Labute approximate surface area is 437 Å². The zero-order chi connectivity index (χ0) is 52.2. The predicted molar refractivity (Wildman–Crippen MR) is 292 cm³/mol. The maximum Gasteiger partial charge on any atom is 0.247 e. The summed E-state index contributed by atoms with van der Waals surface area (Å²) in [6, 6.07) is 41.2. The van der Waals surface area contributed by atoms with Gasteiger partial charge in [0.1, 0.15) is 39.3 Å². The van der Waals surface area contributed by atoms with E-state index >= 15 is 14.4 Å². The molecule has 0 radical (unpaired) electrons. The Morgan fingerprint density at radius 2 is 0.573 bits per heavy atom. The third kappa shape index (κ3) is 10.6. The van der Waals surface area contributed by atoms with E-state index in [0.29, 0.717) is 55.6 Å². The molecule has 0 saturated carbocycles. The second-order valence-electron chi connectivity index (χ2n) is 19.8. The highest BCUT2D eigenvalue weighted by Gasteiger charge is 2.34. The first-order chi connectivity index (χ1) is 36.5. The first kappa shape index (κ1) is 50.5. The monoisotopic (exact) mass is 1010 g/mol. The van der Waals surface area contributed by atoms with Crippen molar-refractivity contribution in [1.82, 2.24) is 14.7 Å². The molecule has 75 heavy (non-hydrogen) atoms. The average molecular weight is 1010 g/mol. The lowest BCUT2D eigenvalue weighted by atomic mass is 10.0. The van der Waals surface area contributed by atoms with Gasteiger partial charge in [0.05, 0.1) is 0 Å². The van der Waals surface area contributed by atoms with E-state index in [4.69, 9.17) is 17.2 Å². The van der Waals surface area contributed by atoms with Gasteiger partial charge in [-0.1, -0.05) is 91.0 Å². The van der Waals surface area contributed by atoms with Crippen molar-refractivity contribution in [2.24, 2.45) is 17.2 Å². The minimum atomic E-state index is -0.545. The van der Waals surface area contributed by atoms with Crippen molar-refractivity contribution in [1.29, 1.82) is 0 Å². The molecule has 6 aromatic rings. The fourth-order valence-electron chi connectivity index (χ4n) is 11.0. The SMILES string of the molecule is NCCCN1CC(=O)N(c2ccc3c(c2)-c2ccccc2C3)CC(=O)N(CCCN)CC(=O)N(c2ccc3c(c2)-c2ccccc2C3)CC(=O)N(CCCN)CC(=O)N(c2ccc3c(c2)-c2ccccc2C3)CC1=O. The lowest BCUT2D eigenvalue weighted by Crippen LogP contribution is -2.54. The van der Waals surface area contributed by atoms with Crippen LogP contribution in [0.4, 0.5) is 17.1 Å². The Morgan fingerprint density at radius 3 is 0.853 bits per heavy atom. The number of hydrogen-bond acceptors (Lipinski definition) is 9. The largest absolute Gasteiger partial charge is 0.332 e. The van der Waals surface area contributed by atoms with Crippen LogP contribution in [-0.2, 0) is 48.0 Å². The number of rotatable bonds is 12. The maximum absolute atomic E-state index is 15.2. The molecule has 0 atom stereocenters. The maximum atomic E-state index is 15.2. The fraction of sp³-hybridized carbons (Fsp3) is 0.300. The first-order valence-corrected chi connectivity index (χ1v) is 26.0. The number of hydrogen-bond donors (Lipinski definition) is 3. The van der Waals surface area contributed by atoms with Crippen molar-refractivity contribution in [3.63, 3.8) is 0 Å². The van der Waals surface area contributed by atoms with Crippen LogP contribution in [0, 0.1) is 0 Å². The Morgan fingerprint density at radius 1 is 0.307 bits per heavy atom. The van der Waals surface area contributed by atoms with Gasteiger partial charge in [0, 0.05) is 36.7 Å². The molecule has 0 aromatic heterocycles. The number of nitrogens with two attached hydrogens (primary N) is 3. The molecule has 3 aliphatic carbocycles. The predicted octanol–water partition coefficient (Wildman–Crippen LogP) is 5.35. The van der Waals surface area contributed by atoms with E-state index in [0.717, 1.165) is 66.8 Å². The highest BCUT2D eigenvalue weighted by Crippen LogP contribution is 2.41. The summed E-state index contributed by atoms with van der Waals surface area (Å²) in [7, 11) is 0. The van der Waals surface area contributed by atoms with Crippen molar-refractivity contribution in [3.05, 3.63) is 161 Å². The molecule has 6 aromatic carbocycles. The van der Waals surface area contributed by atoms with Crippen LogP contribution < -0.4 is 31.9 Å². The van der Waals surface area contributed by atoms with Gasteiger partial charge in [-0.3, -0.25) is 28.8 Å². The van der Waals surface area contributed by atoms with Gasteiger partial charge in [-0.25, -0.2) is 0 Å². The van der Waals surface area contributed by atoms with Crippen molar-refractivity contribution < 1.29 is 28.8 Å². The van der Waals surface area contributed by atoms with E-state index < -0.39 is 74.7 Å². The Kier molecular flexibility index (Phi) is 15.0. The highest BCUT2D eigenvalue weighted by molar-refractivity contribution is 6.07. The van der Waals surface area contributed by atoms with Gasteiger partial charge in [0.25, 0.3) is 0 Å². The van der Waals surface area contributed by atoms with Gasteiger partial charge in [-0.2, -0.15) is 0 Å². The Hall–Kier alpha value is -7.98. The molecule has 1 fully saturated rings. The van der Waals surface area contributed by atoms with E-state index in [9.17, 15) is 14.4 Å². The zero-order valence-corrected chi connectivity index (χ0v) is 42.2. The van der Waals surface area contributed by atoms with E-state index in [-0.39, 0.29) is 39.3 Å². The number of anilines is 3. The highest BCUT2D eigenvalue weighted by atomic mass is 16.2. The third-order valence-electron chi connectivity index (χ3n) is 15.0. The number of carbonyl (C=O) groups excluding carboxylic acids is 6. The van der Waals surface area contributed by atoms with Crippen LogP contribution in [0.1, 0.15) is 52.6 Å². The summed E-state index contributed by atoms with van der Waals surface area (Å²) >= 11 is 0. The molecule has 6 amide bonds. The first-order valence-electron chi connectivity index (χ1n) is 26.0. The molecular weight excluding hydrogens is 943 g/mol. The molecule has 15 heteroatoms. The lowest BCUT2D eigenvalue weighted by molar-refractivity contribution is -0.138. The van der Waals surface area contributed by atoms with Gasteiger partial charge in [-0.15, -0.1) is 0 Å². The molecule has 1 saturated heterocycles. The van der Waals surface area contributed by atoms with Crippen LogP contribution in [0.2, 0.25) is 0 Å². The van der Waals surface area contributed by atoms with E-state index in [2.05, 4.69) is 18.2 Å². The van der Waals surface area contributed by atoms with Crippen LogP contribution in [-0.4, -0.2) is 129 Å². The molecule has 1 aliphatic heterocycles. The standard InChI is InChI=1S/C60H63N9O6/c61-22-7-25-64-34-58(73)67(46-19-16-43-28-40-10-1-4-13-49(40)52(43)31-46)37-55(70)65(26-8-23-62)35-59(74)69(48-21-18-45-30-42-12-3-6-15-51(42)54(45)33-48)39-57(72)66(27-9-24-63)36-60(75)68(38-56(64)71)47-20-17-44-29-41-11-2-5-14-50(41)53(44)32-47/h1-6,10-21,31-33H,7-9,22-30,34-39,61-63H2. The topological polar surface area (TPSA) is 200 Å². The number of benzene rings is 6. The summed E-state index contributed by atoms with van der Waals surface area (Å²) in [5.74, 6) is -3.22. The van der Waals surface area contributed by atoms with E-state index in [1.807, 2.05) is 109 Å². The Balaban J connectivity index is 1.08. The lowest BCUT2D eigenvalue weighted by Gasteiger charge is -2.34. The fourth-order valence-corrected chi connectivity index (χ4v) is 11.0. The quantitative estimate of drug-likeness (QED) is 0.145. The minimum Gasteiger partial charge on any atom is -0.332 e. The molecule has 6 N–H and O–H groups in total. The summed E-state index contributed by atoms with van der Waals surface area (Å²) in [4.78, 5) is 98.8. The molecular formula is C60H63N9O6. The average Bonchev–Trinajstić information content (AvgIpc) is 4.12. The van der Waals surface area contributed by atoms with E-state index in [1.54, 1.807) is 0 Å². The molecule has 10 rings (SSSR count). The number of carbonyl (C=O) groups is 6. The normalized spacial score (nSPS) is 16.2. The van der Waals surface area contributed by atoms with Crippen molar-refractivity contribution >= 4 is 52.5 Å². The Bertz CT molecular complexity index is 2870. The second kappa shape index (κ2) is 22.2. The van der Waals surface area contributed by atoms with Crippen molar-refractivity contribution in [3.8, 4) is 33.4 Å². The van der Waals surface area contributed by atoms with Crippen LogP contribution in [0.5, 0.6) is 0 Å². The third-order valence-corrected chi connectivity index (χ3v) is 15.0. The van der Waals surface area contributed by atoms with Crippen LogP contribution in [0.3, 0.4) is 0 Å². The van der Waals surface area contributed by atoms with Crippen LogP contribution >= 0.6 is 0 Å². The van der Waals surface area contributed by atoms with Gasteiger partial charge >= 0.3 is 0 Å². The summed E-state index contributed by atoms with van der Waals surface area (Å²) in [5.41, 5.74) is 31.9. The van der Waals surface area contributed by atoms with Gasteiger partial charge in [0.2, 0.25) is 35.4 Å². The summed E-state index contributed by atoms with van der Waals surface area (Å²) in [6.45, 7) is -1.85. The summed E-state index contributed by atoms with van der Waals surface area (Å²) < 4.78 is 0. The molecule has 0 unspecified atom stereocenters. The zero-order valence-electron chi connectivity index (χ0n) is 42.2. The number of amides is 6. The van der Waals surface area contributed by atoms with Gasteiger partial charge in [-0.05, 0) is 161 Å². The van der Waals surface area contributed by atoms with Crippen LogP contribution in [0.25, 0.3) is 33.4 Å². The molecule has 4 aliphatic rings. The van der Waals surface area contributed by atoms with Crippen molar-refractivity contribution in [2.75, 3.05) is 93.2 Å². The number of fused-ring (bicyclic) bond motifs is 9. The van der Waals surface area contributed by atoms with Gasteiger partial charge < -0.3 is 46.6 Å². The summed E-state index contributed by atoms with van der Waals surface area (Å²) in [6.07, 6.45) is 3.17. The molecule has 1 heterocycles. The minimum absolute atomic E-state index is 0.0857.